The van der Waals surface area contributed by atoms with E-state index in [9.17, 15) is 19.3 Å². The summed E-state index contributed by atoms with van der Waals surface area (Å²) < 4.78 is 19.8. The molecule has 0 spiro atoms. The number of nitro benzene ring substituents is 1. The van der Waals surface area contributed by atoms with Crippen LogP contribution in [0.25, 0.3) is 0 Å². The van der Waals surface area contributed by atoms with Crippen LogP contribution in [0.5, 0.6) is 0 Å². The number of nitrogens with zero attached hydrogens (tertiary/aromatic N) is 3. The topological polar surface area (TPSA) is 75.9 Å². The number of carbonyl (C=O) groups excluding carboxylic acids is 1. The molecule has 1 amide bonds. The Bertz CT molecular complexity index is 764. The van der Waals surface area contributed by atoms with E-state index in [0.29, 0.717) is 11.5 Å². The summed E-state index contributed by atoms with van der Waals surface area (Å²) in [6, 6.07) is 3.99. The van der Waals surface area contributed by atoms with Crippen LogP contribution in [0.2, 0.25) is 0 Å². The molecule has 0 aromatic heterocycles. The lowest BCUT2D eigenvalue weighted by atomic mass is 9.88. The number of hydrogen-bond donors (Lipinski definition) is 0. The molecule has 2 aliphatic rings. The van der Waals surface area contributed by atoms with Gasteiger partial charge in [-0.15, -0.1) is 0 Å². The number of non-ortho nitro benzene ring substituents is 1. The van der Waals surface area contributed by atoms with Crippen LogP contribution in [0.15, 0.2) is 18.2 Å². The Labute approximate surface area is 177 Å². The van der Waals surface area contributed by atoms with Gasteiger partial charge in [0.2, 0.25) is 0 Å². The predicted octanol–water partition coefficient (Wildman–Crippen LogP) is 4.56. The van der Waals surface area contributed by atoms with Crippen LogP contribution >= 0.6 is 0 Å². The van der Waals surface area contributed by atoms with Crippen molar-refractivity contribution in [2.75, 3.05) is 32.7 Å². The second-order valence-corrected chi connectivity index (χ2v) is 9.45. The van der Waals surface area contributed by atoms with Crippen LogP contribution in [-0.4, -0.2) is 59.1 Å². The maximum Gasteiger partial charge on any atom is 0.410 e. The number of ether oxygens (including phenoxy) is 1. The number of hydrogen-bond acceptors (Lipinski definition) is 5. The summed E-state index contributed by atoms with van der Waals surface area (Å²) >= 11 is 0. The first-order valence-corrected chi connectivity index (χ1v) is 10.8. The summed E-state index contributed by atoms with van der Waals surface area (Å²) in [5.41, 5.74) is -0.0844. The van der Waals surface area contributed by atoms with Gasteiger partial charge in [0.05, 0.1) is 11.0 Å². The molecule has 8 heteroatoms. The van der Waals surface area contributed by atoms with Gasteiger partial charge >= 0.3 is 6.09 Å². The highest BCUT2D eigenvalue weighted by Crippen LogP contribution is 2.32. The summed E-state index contributed by atoms with van der Waals surface area (Å²) in [6.45, 7) is 9.88. The zero-order valence-electron chi connectivity index (χ0n) is 18.1. The number of likely N-dealkylation sites (tertiary alicyclic amines) is 2. The largest absolute Gasteiger partial charge is 0.444 e. The lowest BCUT2D eigenvalue weighted by Gasteiger charge is -2.38. The number of benzene rings is 1. The minimum absolute atomic E-state index is 0.107. The predicted molar refractivity (Wildman–Crippen MR) is 112 cm³/mol. The fourth-order valence-electron chi connectivity index (χ4n) is 4.38. The standard InChI is InChI=1S/C22H32FN3O4/c1-22(2,3)30-21(27)25-12-6-16(7-13-25)15-24-10-8-17(9-11-24)19-5-4-18(26(28)29)14-20(19)23/h4-5,14,16-17H,6-13,15H2,1-3H3. The third-order valence-corrected chi connectivity index (χ3v) is 6.00. The van der Waals surface area contributed by atoms with E-state index >= 15 is 0 Å². The van der Waals surface area contributed by atoms with E-state index in [1.165, 1.54) is 6.07 Å². The molecule has 3 rings (SSSR count). The number of amides is 1. The van der Waals surface area contributed by atoms with E-state index in [-0.39, 0.29) is 17.7 Å². The highest BCUT2D eigenvalue weighted by Gasteiger charge is 2.29. The number of carbonyl (C=O) groups is 1. The van der Waals surface area contributed by atoms with Crippen LogP contribution in [0.1, 0.15) is 57.9 Å². The molecule has 0 saturated carbocycles. The lowest BCUT2D eigenvalue weighted by molar-refractivity contribution is -0.385. The highest BCUT2D eigenvalue weighted by molar-refractivity contribution is 5.68. The maximum absolute atomic E-state index is 14.3. The van der Waals surface area contributed by atoms with Crippen molar-refractivity contribution in [3.63, 3.8) is 0 Å². The molecular weight excluding hydrogens is 389 g/mol. The minimum atomic E-state index is -0.566. The number of piperidine rings is 2. The summed E-state index contributed by atoms with van der Waals surface area (Å²) in [7, 11) is 0. The molecule has 30 heavy (non-hydrogen) atoms. The van der Waals surface area contributed by atoms with Gasteiger partial charge in [0.15, 0.2) is 0 Å². The van der Waals surface area contributed by atoms with Gasteiger partial charge in [-0.25, -0.2) is 9.18 Å². The summed E-state index contributed by atoms with van der Waals surface area (Å²) in [6.07, 6.45) is 3.41. The molecule has 1 aromatic carbocycles. The van der Waals surface area contributed by atoms with Gasteiger partial charge in [0.1, 0.15) is 11.4 Å². The van der Waals surface area contributed by atoms with E-state index < -0.39 is 16.3 Å². The third-order valence-electron chi connectivity index (χ3n) is 6.00. The Morgan fingerprint density at radius 2 is 1.80 bits per heavy atom. The van der Waals surface area contributed by atoms with Crippen LogP contribution < -0.4 is 0 Å². The molecule has 7 nitrogen and oxygen atoms in total. The smallest absolute Gasteiger partial charge is 0.410 e. The average Bonchev–Trinajstić information content (AvgIpc) is 2.68. The monoisotopic (exact) mass is 421 g/mol. The molecule has 2 heterocycles. The minimum Gasteiger partial charge on any atom is -0.444 e. The van der Waals surface area contributed by atoms with Crippen LogP contribution in [-0.2, 0) is 4.74 Å². The zero-order chi connectivity index (χ0) is 21.9. The molecule has 2 fully saturated rings. The molecule has 0 radical (unpaired) electrons. The molecule has 2 aliphatic heterocycles. The van der Waals surface area contributed by atoms with E-state index in [1.807, 2.05) is 20.8 Å². The van der Waals surface area contributed by atoms with Gasteiger partial charge in [-0.1, -0.05) is 0 Å². The van der Waals surface area contributed by atoms with Crippen molar-refractivity contribution < 1.29 is 18.8 Å². The van der Waals surface area contributed by atoms with Gasteiger partial charge in [-0.2, -0.15) is 0 Å². The molecule has 0 bridgehead atoms. The molecule has 1 aromatic rings. The molecular formula is C22H32FN3O4. The Hall–Kier alpha value is -2.22. The summed E-state index contributed by atoms with van der Waals surface area (Å²) in [5, 5.41) is 10.8. The SMILES string of the molecule is CC(C)(C)OC(=O)N1CCC(CN2CCC(c3ccc([N+](=O)[O-])cc3F)CC2)CC1. The highest BCUT2D eigenvalue weighted by atomic mass is 19.1. The van der Waals surface area contributed by atoms with Crippen molar-refractivity contribution in [1.82, 2.24) is 9.80 Å². The number of halogens is 1. The Kier molecular flexibility index (Phi) is 6.95. The quantitative estimate of drug-likeness (QED) is 0.526. The van der Waals surface area contributed by atoms with Crippen molar-refractivity contribution in [2.24, 2.45) is 5.92 Å². The van der Waals surface area contributed by atoms with Crippen molar-refractivity contribution >= 4 is 11.8 Å². The second-order valence-electron chi connectivity index (χ2n) is 9.45. The Morgan fingerprint density at radius 1 is 1.17 bits per heavy atom. The molecule has 166 valence electrons. The van der Waals surface area contributed by atoms with Gasteiger partial charge in [-0.05, 0) is 83.0 Å². The number of nitro groups is 1. The van der Waals surface area contributed by atoms with Gasteiger partial charge < -0.3 is 14.5 Å². The van der Waals surface area contributed by atoms with Gasteiger partial charge in [0.25, 0.3) is 5.69 Å². The fraction of sp³-hybridized carbons (Fsp3) is 0.682. The molecule has 0 unspecified atom stereocenters. The lowest BCUT2D eigenvalue weighted by Crippen LogP contribution is -2.44. The summed E-state index contributed by atoms with van der Waals surface area (Å²) in [4.78, 5) is 26.6. The first-order chi connectivity index (χ1) is 14.1. The average molecular weight is 422 g/mol. The molecule has 2 saturated heterocycles. The Balaban J connectivity index is 1.44. The van der Waals surface area contributed by atoms with Crippen molar-refractivity contribution in [3.8, 4) is 0 Å². The maximum atomic E-state index is 14.3. The van der Waals surface area contributed by atoms with Crippen LogP contribution in [0.3, 0.4) is 0 Å². The van der Waals surface area contributed by atoms with Crippen LogP contribution in [0.4, 0.5) is 14.9 Å². The van der Waals surface area contributed by atoms with E-state index in [2.05, 4.69) is 4.90 Å². The number of rotatable bonds is 4. The first-order valence-electron chi connectivity index (χ1n) is 10.8. The normalized spacial score (nSPS) is 19.7. The molecule has 0 N–H and O–H groups in total. The molecule has 0 aliphatic carbocycles. The van der Waals surface area contributed by atoms with Crippen molar-refractivity contribution in [1.29, 1.82) is 0 Å². The van der Waals surface area contributed by atoms with E-state index in [0.717, 1.165) is 64.5 Å². The van der Waals surface area contributed by atoms with Gasteiger partial charge in [-0.3, -0.25) is 10.1 Å². The van der Waals surface area contributed by atoms with E-state index in [4.69, 9.17) is 4.74 Å². The second kappa shape index (κ2) is 9.29. The van der Waals surface area contributed by atoms with Crippen molar-refractivity contribution in [3.05, 3.63) is 39.7 Å². The van der Waals surface area contributed by atoms with E-state index in [1.54, 1.807) is 11.0 Å². The third kappa shape index (κ3) is 5.90. The molecule has 0 atom stereocenters. The van der Waals surface area contributed by atoms with Crippen LogP contribution in [0, 0.1) is 21.8 Å². The fourth-order valence-corrected chi connectivity index (χ4v) is 4.38. The zero-order valence-corrected chi connectivity index (χ0v) is 18.1. The summed E-state index contributed by atoms with van der Waals surface area (Å²) in [5.74, 6) is 0.185. The Morgan fingerprint density at radius 3 is 2.33 bits per heavy atom. The van der Waals surface area contributed by atoms with Crippen molar-refractivity contribution in [2.45, 2.75) is 58.0 Å². The van der Waals surface area contributed by atoms with Gasteiger partial charge in [0, 0.05) is 25.7 Å². The first kappa shape index (κ1) is 22.5.